The third-order valence-corrected chi connectivity index (χ3v) is 2.03. The lowest BCUT2D eigenvalue weighted by atomic mass is 10.1. The highest BCUT2D eigenvalue weighted by atomic mass is 16.5. The average Bonchev–Trinajstić information content (AvgIpc) is 2.33. The van der Waals surface area contributed by atoms with Gasteiger partial charge < -0.3 is 21.1 Å². The minimum Gasteiger partial charge on any atom is -0.464 e. The van der Waals surface area contributed by atoms with E-state index in [4.69, 9.17) is 10.5 Å². The van der Waals surface area contributed by atoms with E-state index < -0.39 is 17.9 Å². The molecule has 0 spiro atoms. The molecule has 0 aliphatic heterocycles. The summed E-state index contributed by atoms with van der Waals surface area (Å²) in [6, 6.07) is -0.830. The highest BCUT2D eigenvalue weighted by molar-refractivity contribution is 5.86. The van der Waals surface area contributed by atoms with Gasteiger partial charge in [-0.1, -0.05) is 0 Å². The molecule has 1 atom stereocenters. The monoisotopic (exact) mass is 245 g/mol. The van der Waals surface area contributed by atoms with Gasteiger partial charge in [0, 0.05) is 13.5 Å². The van der Waals surface area contributed by atoms with E-state index in [-0.39, 0.29) is 31.9 Å². The molecule has 0 aromatic carbocycles. The molecule has 0 radical (unpaired) electrons. The van der Waals surface area contributed by atoms with Crippen molar-refractivity contribution >= 4 is 17.8 Å². The largest absolute Gasteiger partial charge is 0.464 e. The number of amides is 2. The van der Waals surface area contributed by atoms with Crippen LogP contribution < -0.4 is 16.4 Å². The Bertz CT molecular complexity index is 281. The Hall–Kier alpha value is -1.63. The lowest BCUT2D eigenvalue weighted by Gasteiger charge is -2.16. The fourth-order valence-electron chi connectivity index (χ4n) is 1.15. The first-order valence-corrected chi connectivity index (χ1v) is 5.41. The maximum absolute atomic E-state index is 11.5. The quantitative estimate of drug-likeness (QED) is 0.474. The van der Waals surface area contributed by atoms with Crippen molar-refractivity contribution in [2.75, 3.05) is 20.2 Å². The molecule has 0 saturated carbocycles. The van der Waals surface area contributed by atoms with Crippen LogP contribution in [0.25, 0.3) is 0 Å². The predicted octanol–water partition coefficient (Wildman–Crippen LogP) is -1.48. The maximum atomic E-state index is 11.5. The average molecular weight is 245 g/mol. The zero-order valence-electron chi connectivity index (χ0n) is 10.1. The lowest BCUT2D eigenvalue weighted by Crippen LogP contribution is -2.44. The predicted molar refractivity (Wildman–Crippen MR) is 60.9 cm³/mol. The Balaban J connectivity index is 4.34. The SMILES string of the molecule is CCOC(=O)[C@H](CCC(=O)NC)NC(=O)CN. The molecule has 0 saturated heterocycles. The van der Waals surface area contributed by atoms with Gasteiger partial charge in [-0.15, -0.1) is 0 Å². The third kappa shape index (κ3) is 6.52. The van der Waals surface area contributed by atoms with Crippen LogP contribution in [0.2, 0.25) is 0 Å². The third-order valence-electron chi connectivity index (χ3n) is 2.03. The smallest absolute Gasteiger partial charge is 0.328 e. The second kappa shape index (κ2) is 8.51. The molecule has 0 bridgehead atoms. The van der Waals surface area contributed by atoms with Crippen LogP contribution in [0.1, 0.15) is 19.8 Å². The first-order valence-electron chi connectivity index (χ1n) is 5.41. The van der Waals surface area contributed by atoms with Crippen molar-refractivity contribution in [3.63, 3.8) is 0 Å². The number of nitrogens with two attached hydrogens (primary N) is 1. The first kappa shape index (κ1) is 15.4. The van der Waals surface area contributed by atoms with Gasteiger partial charge in [-0.25, -0.2) is 4.79 Å². The van der Waals surface area contributed by atoms with Crippen molar-refractivity contribution in [1.29, 1.82) is 0 Å². The van der Waals surface area contributed by atoms with Crippen molar-refractivity contribution in [2.45, 2.75) is 25.8 Å². The number of hydrogen-bond donors (Lipinski definition) is 3. The van der Waals surface area contributed by atoms with E-state index >= 15 is 0 Å². The van der Waals surface area contributed by atoms with Crippen molar-refractivity contribution in [3.8, 4) is 0 Å². The molecule has 7 heteroatoms. The van der Waals surface area contributed by atoms with Gasteiger partial charge in [0.15, 0.2) is 0 Å². The molecule has 0 aromatic heterocycles. The topological polar surface area (TPSA) is 111 Å². The van der Waals surface area contributed by atoms with Crippen LogP contribution in [0.3, 0.4) is 0 Å². The molecule has 0 unspecified atom stereocenters. The van der Waals surface area contributed by atoms with Crippen molar-refractivity contribution in [1.82, 2.24) is 10.6 Å². The van der Waals surface area contributed by atoms with Gasteiger partial charge in [-0.2, -0.15) is 0 Å². The van der Waals surface area contributed by atoms with Crippen molar-refractivity contribution in [2.24, 2.45) is 5.73 Å². The first-order chi connectivity index (χ1) is 8.04. The molecule has 4 N–H and O–H groups in total. The molecular weight excluding hydrogens is 226 g/mol. The van der Waals surface area contributed by atoms with Gasteiger partial charge in [0.2, 0.25) is 11.8 Å². The van der Waals surface area contributed by atoms with Gasteiger partial charge >= 0.3 is 5.97 Å². The molecule has 0 aliphatic rings. The van der Waals surface area contributed by atoms with E-state index in [0.717, 1.165) is 0 Å². The Labute approximate surface area is 100 Å². The van der Waals surface area contributed by atoms with Gasteiger partial charge in [0.05, 0.1) is 13.2 Å². The Morgan fingerprint density at radius 2 is 1.94 bits per heavy atom. The Morgan fingerprint density at radius 1 is 1.29 bits per heavy atom. The highest BCUT2D eigenvalue weighted by Gasteiger charge is 2.22. The zero-order chi connectivity index (χ0) is 13.3. The van der Waals surface area contributed by atoms with E-state index in [1.807, 2.05) is 0 Å². The standard InChI is InChI=1S/C10H19N3O4/c1-3-17-10(16)7(13-9(15)6-11)4-5-8(14)12-2/h7H,3-6,11H2,1-2H3,(H,12,14)(H,13,15)/t7-/m0/s1. The Morgan fingerprint density at radius 3 is 2.41 bits per heavy atom. The fraction of sp³-hybridized carbons (Fsp3) is 0.700. The summed E-state index contributed by atoms with van der Waals surface area (Å²) in [5, 5.41) is 4.84. The van der Waals surface area contributed by atoms with Crippen LogP contribution in [-0.4, -0.2) is 44.0 Å². The maximum Gasteiger partial charge on any atom is 0.328 e. The summed E-state index contributed by atoms with van der Waals surface area (Å²) in [7, 11) is 1.50. The van der Waals surface area contributed by atoms with Crippen LogP contribution in [0.4, 0.5) is 0 Å². The zero-order valence-corrected chi connectivity index (χ0v) is 10.1. The number of hydrogen-bond acceptors (Lipinski definition) is 5. The number of ether oxygens (including phenoxy) is 1. The summed E-state index contributed by atoms with van der Waals surface area (Å²) in [6.07, 6.45) is 0.315. The fourth-order valence-corrected chi connectivity index (χ4v) is 1.15. The molecule has 17 heavy (non-hydrogen) atoms. The lowest BCUT2D eigenvalue weighted by molar-refractivity contribution is -0.147. The van der Waals surface area contributed by atoms with E-state index in [2.05, 4.69) is 10.6 Å². The molecule has 0 heterocycles. The number of carbonyl (C=O) groups is 3. The van der Waals surface area contributed by atoms with Crippen LogP contribution in [0.15, 0.2) is 0 Å². The molecule has 0 rings (SSSR count). The van der Waals surface area contributed by atoms with E-state index in [0.29, 0.717) is 0 Å². The van der Waals surface area contributed by atoms with Crippen LogP contribution in [0, 0.1) is 0 Å². The van der Waals surface area contributed by atoms with Crippen LogP contribution in [0.5, 0.6) is 0 Å². The number of esters is 1. The molecule has 98 valence electrons. The van der Waals surface area contributed by atoms with Gasteiger partial charge in [0.25, 0.3) is 0 Å². The van der Waals surface area contributed by atoms with Gasteiger partial charge in [0.1, 0.15) is 6.04 Å². The molecular formula is C10H19N3O4. The van der Waals surface area contributed by atoms with E-state index in [1.165, 1.54) is 7.05 Å². The van der Waals surface area contributed by atoms with Crippen molar-refractivity contribution < 1.29 is 19.1 Å². The number of nitrogens with one attached hydrogen (secondary N) is 2. The number of rotatable bonds is 7. The minimum absolute atomic E-state index is 0.130. The summed E-state index contributed by atoms with van der Waals surface area (Å²) >= 11 is 0. The molecule has 2 amide bonds. The van der Waals surface area contributed by atoms with E-state index in [1.54, 1.807) is 6.92 Å². The summed E-state index contributed by atoms with van der Waals surface area (Å²) in [5.41, 5.74) is 5.13. The molecule has 0 aromatic rings. The molecule has 0 aliphatic carbocycles. The summed E-state index contributed by atoms with van der Waals surface area (Å²) in [5.74, 6) is -1.22. The number of carbonyl (C=O) groups excluding carboxylic acids is 3. The second-order valence-electron chi connectivity index (χ2n) is 3.29. The molecule has 7 nitrogen and oxygen atoms in total. The molecule has 0 fully saturated rings. The minimum atomic E-state index is -0.830. The summed E-state index contributed by atoms with van der Waals surface area (Å²) < 4.78 is 4.79. The Kier molecular flexibility index (Phi) is 7.70. The summed E-state index contributed by atoms with van der Waals surface area (Å²) in [6.45, 7) is 1.67. The van der Waals surface area contributed by atoms with Crippen LogP contribution >= 0.6 is 0 Å². The van der Waals surface area contributed by atoms with Gasteiger partial charge in [-0.05, 0) is 13.3 Å². The van der Waals surface area contributed by atoms with Gasteiger partial charge in [-0.3, -0.25) is 9.59 Å². The highest BCUT2D eigenvalue weighted by Crippen LogP contribution is 2.00. The van der Waals surface area contributed by atoms with Crippen molar-refractivity contribution in [3.05, 3.63) is 0 Å². The van der Waals surface area contributed by atoms with Crippen LogP contribution in [-0.2, 0) is 19.1 Å². The normalized spacial score (nSPS) is 11.5. The second-order valence-corrected chi connectivity index (χ2v) is 3.29. The summed E-state index contributed by atoms with van der Waals surface area (Å²) in [4.78, 5) is 33.6. The van der Waals surface area contributed by atoms with E-state index in [9.17, 15) is 14.4 Å².